The summed E-state index contributed by atoms with van der Waals surface area (Å²) >= 11 is 0. The van der Waals surface area contributed by atoms with Crippen LogP contribution in [0.1, 0.15) is 12.6 Å². The fourth-order valence-corrected chi connectivity index (χ4v) is 3.62. The second-order valence-electron chi connectivity index (χ2n) is 6.78. The SMILES string of the molecule is CN1CCCN(C[C@H]2O[C@@H](n3cnc4c(N)ncnc43)[C@H](O)[C@@H]2O)C1. The smallest absolute Gasteiger partial charge is 0.167 e. The first-order chi connectivity index (χ1) is 12.0. The number of nitrogens with zero attached hydrogens (tertiary/aromatic N) is 6. The molecular weight excluding hydrogens is 326 g/mol. The summed E-state index contributed by atoms with van der Waals surface area (Å²) in [6, 6.07) is 0. The van der Waals surface area contributed by atoms with Crippen molar-refractivity contribution in [1.82, 2.24) is 29.3 Å². The minimum Gasteiger partial charge on any atom is -0.387 e. The molecule has 2 aromatic heterocycles. The van der Waals surface area contributed by atoms with Gasteiger partial charge in [0.2, 0.25) is 0 Å². The number of fused-ring (bicyclic) bond motifs is 1. The fourth-order valence-electron chi connectivity index (χ4n) is 3.62. The van der Waals surface area contributed by atoms with Gasteiger partial charge < -0.3 is 20.7 Å². The van der Waals surface area contributed by atoms with Gasteiger partial charge in [0.1, 0.15) is 30.2 Å². The van der Waals surface area contributed by atoms with E-state index in [2.05, 4.69) is 31.8 Å². The normalized spacial score (nSPS) is 31.8. The zero-order valence-corrected chi connectivity index (χ0v) is 14.1. The van der Waals surface area contributed by atoms with Crippen LogP contribution in [0.25, 0.3) is 11.2 Å². The lowest BCUT2D eigenvalue weighted by Crippen LogP contribution is -2.48. The number of aliphatic hydroxyl groups is 2. The number of hydrogen-bond acceptors (Lipinski definition) is 9. The van der Waals surface area contributed by atoms with Crippen molar-refractivity contribution < 1.29 is 14.9 Å². The van der Waals surface area contributed by atoms with E-state index in [4.69, 9.17) is 10.5 Å². The number of rotatable bonds is 3. The van der Waals surface area contributed by atoms with E-state index >= 15 is 0 Å². The number of nitrogen functional groups attached to an aromatic ring is 1. The van der Waals surface area contributed by atoms with Crippen LogP contribution in [0, 0.1) is 0 Å². The molecule has 0 unspecified atom stereocenters. The number of aromatic nitrogens is 4. The zero-order chi connectivity index (χ0) is 17.6. The summed E-state index contributed by atoms with van der Waals surface area (Å²) in [5, 5.41) is 20.9. The van der Waals surface area contributed by atoms with Gasteiger partial charge in [0.25, 0.3) is 0 Å². The largest absolute Gasteiger partial charge is 0.387 e. The van der Waals surface area contributed by atoms with E-state index in [-0.39, 0.29) is 5.82 Å². The first-order valence-electron chi connectivity index (χ1n) is 8.40. The Balaban J connectivity index is 1.54. The van der Waals surface area contributed by atoms with E-state index in [1.54, 1.807) is 4.57 Å². The molecule has 2 fully saturated rings. The van der Waals surface area contributed by atoms with Gasteiger partial charge in [-0.15, -0.1) is 0 Å². The molecule has 4 N–H and O–H groups in total. The van der Waals surface area contributed by atoms with Gasteiger partial charge in [-0.05, 0) is 13.5 Å². The molecule has 25 heavy (non-hydrogen) atoms. The molecule has 0 amide bonds. The van der Waals surface area contributed by atoms with Crippen LogP contribution < -0.4 is 5.73 Å². The molecule has 10 heteroatoms. The Morgan fingerprint density at radius 3 is 2.88 bits per heavy atom. The quantitative estimate of drug-likeness (QED) is 0.615. The predicted molar refractivity (Wildman–Crippen MR) is 89.3 cm³/mol. The van der Waals surface area contributed by atoms with Gasteiger partial charge >= 0.3 is 0 Å². The van der Waals surface area contributed by atoms with Crippen LogP contribution in [-0.4, -0.2) is 91.2 Å². The van der Waals surface area contributed by atoms with E-state index in [0.29, 0.717) is 17.7 Å². The Labute approximate surface area is 144 Å². The summed E-state index contributed by atoms with van der Waals surface area (Å²) in [7, 11) is 2.07. The molecule has 136 valence electrons. The monoisotopic (exact) mass is 349 g/mol. The first kappa shape index (κ1) is 16.6. The molecule has 0 saturated carbocycles. The highest BCUT2D eigenvalue weighted by Crippen LogP contribution is 2.32. The molecule has 0 bridgehead atoms. The summed E-state index contributed by atoms with van der Waals surface area (Å²) in [4.78, 5) is 16.7. The third-order valence-electron chi connectivity index (χ3n) is 4.89. The molecule has 2 aliphatic rings. The van der Waals surface area contributed by atoms with Crippen molar-refractivity contribution in [1.29, 1.82) is 0 Å². The minimum absolute atomic E-state index is 0.268. The maximum absolute atomic E-state index is 10.5. The van der Waals surface area contributed by atoms with Crippen molar-refractivity contribution >= 4 is 17.0 Å². The molecule has 0 aliphatic carbocycles. The van der Waals surface area contributed by atoms with Crippen LogP contribution in [0.5, 0.6) is 0 Å². The molecule has 4 rings (SSSR count). The standard InChI is InChI=1S/C15H23N7O3/c1-20-3-2-4-21(8-20)5-9-11(23)12(24)15(25-9)22-7-19-10-13(16)17-6-18-14(10)22/h6-7,9,11-12,15,23-24H,2-5,8H2,1H3,(H2,16,17,18)/t9-,11-,12-,15-/m1/s1. The highest BCUT2D eigenvalue weighted by molar-refractivity contribution is 5.81. The molecule has 4 atom stereocenters. The second-order valence-corrected chi connectivity index (χ2v) is 6.78. The number of nitrogens with two attached hydrogens (primary N) is 1. The Morgan fingerprint density at radius 1 is 1.24 bits per heavy atom. The van der Waals surface area contributed by atoms with Crippen molar-refractivity contribution in [3.63, 3.8) is 0 Å². The topological polar surface area (TPSA) is 126 Å². The van der Waals surface area contributed by atoms with Crippen LogP contribution in [0.3, 0.4) is 0 Å². The van der Waals surface area contributed by atoms with Gasteiger partial charge in [-0.3, -0.25) is 14.4 Å². The molecule has 2 saturated heterocycles. The van der Waals surface area contributed by atoms with Gasteiger partial charge in [0, 0.05) is 19.6 Å². The Hall–Kier alpha value is -1.85. The van der Waals surface area contributed by atoms with Crippen molar-refractivity contribution in [2.45, 2.75) is 31.0 Å². The van der Waals surface area contributed by atoms with Crippen LogP contribution in [-0.2, 0) is 4.74 Å². The van der Waals surface area contributed by atoms with E-state index in [0.717, 1.165) is 26.2 Å². The first-order valence-corrected chi connectivity index (χ1v) is 8.40. The average molecular weight is 349 g/mol. The van der Waals surface area contributed by atoms with Crippen molar-refractivity contribution in [3.05, 3.63) is 12.7 Å². The van der Waals surface area contributed by atoms with E-state index in [9.17, 15) is 10.2 Å². The van der Waals surface area contributed by atoms with E-state index < -0.39 is 24.5 Å². The number of aliphatic hydroxyl groups excluding tert-OH is 2. The molecule has 2 aromatic rings. The molecule has 0 aromatic carbocycles. The van der Waals surface area contributed by atoms with Crippen LogP contribution in [0.4, 0.5) is 5.82 Å². The van der Waals surface area contributed by atoms with Crippen molar-refractivity contribution in [2.24, 2.45) is 0 Å². The number of imidazole rings is 1. The average Bonchev–Trinajstić information content (AvgIpc) is 3.13. The van der Waals surface area contributed by atoms with Gasteiger partial charge in [0.05, 0.1) is 13.0 Å². The minimum atomic E-state index is -1.07. The van der Waals surface area contributed by atoms with Crippen LogP contribution in [0.2, 0.25) is 0 Å². The molecule has 0 radical (unpaired) electrons. The van der Waals surface area contributed by atoms with E-state index in [1.807, 2.05) is 0 Å². The lowest BCUT2D eigenvalue weighted by Gasteiger charge is -2.34. The maximum atomic E-state index is 10.5. The summed E-state index contributed by atoms with van der Waals surface area (Å²) < 4.78 is 7.58. The van der Waals surface area contributed by atoms with Gasteiger partial charge in [0.15, 0.2) is 17.7 Å². The third-order valence-corrected chi connectivity index (χ3v) is 4.89. The Morgan fingerprint density at radius 2 is 2.08 bits per heavy atom. The van der Waals surface area contributed by atoms with Crippen LogP contribution in [0.15, 0.2) is 12.7 Å². The van der Waals surface area contributed by atoms with Gasteiger partial charge in [-0.1, -0.05) is 0 Å². The van der Waals surface area contributed by atoms with Crippen molar-refractivity contribution in [3.8, 4) is 0 Å². The lowest BCUT2D eigenvalue weighted by atomic mass is 10.1. The molecule has 4 heterocycles. The summed E-state index contributed by atoms with van der Waals surface area (Å²) in [6.07, 6.45) is 0.635. The summed E-state index contributed by atoms with van der Waals surface area (Å²) in [5.74, 6) is 0.268. The predicted octanol–water partition coefficient (Wildman–Crippen LogP) is -1.38. The fraction of sp³-hybridized carbons (Fsp3) is 0.667. The second kappa shape index (κ2) is 6.46. The van der Waals surface area contributed by atoms with Crippen LogP contribution >= 0.6 is 0 Å². The Bertz CT molecular complexity index is 754. The lowest BCUT2D eigenvalue weighted by molar-refractivity contribution is -0.0514. The highest BCUT2D eigenvalue weighted by Gasteiger charge is 2.45. The van der Waals surface area contributed by atoms with E-state index in [1.165, 1.54) is 12.7 Å². The summed E-state index contributed by atoms with van der Waals surface area (Å²) in [6.45, 7) is 3.40. The zero-order valence-electron chi connectivity index (χ0n) is 14.1. The third kappa shape index (κ3) is 2.96. The molecule has 0 spiro atoms. The van der Waals surface area contributed by atoms with Crippen molar-refractivity contribution in [2.75, 3.05) is 39.1 Å². The number of ether oxygens (including phenoxy) is 1. The van der Waals surface area contributed by atoms with Gasteiger partial charge in [-0.25, -0.2) is 15.0 Å². The molecular formula is C15H23N7O3. The number of hydrogen-bond donors (Lipinski definition) is 3. The Kier molecular flexibility index (Phi) is 4.29. The molecule has 2 aliphatic heterocycles. The highest BCUT2D eigenvalue weighted by atomic mass is 16.6. The summed E-state index contributed by atoms with van der Waals surface area (Å²) in [5.41, 5.74) is 6.73. The molecule has 10 nitrogen and oxygen atoms in total. The maximum Gasteiger partial charge on any atom is 0.167 e. The number of anilines is 1. The van der Waals surface area contributed by atoms with Gasteiger partial charge in [-0.2, -0.15) is 0 Å².